The molecule has 1 unspecified atom stereocenters. The van der Waals surface area contributed by atoms with Crippen molar-refractivity contribution in [3.63, 3.8) is 0 Å². The normalized spacial score (nSPS) is 17.1. The minimum absolute atomic E-state index is 0.0417. The van der Waals surface area contributed by atoms with Crippen molar-refractivity contribution in [2.45, 2.75) is 38.2 Å². The van der Waals surface area contributed by atoms with E-state index in [0.29, 0.717) is 17.1 Å². The zero-order valence-electron chi connectivity index (χ0n) is 10.7. The highest BCUT2D eigenvalue weighted by atomic mass is 35.5. The summed E-state index contributed by atoms with van der Waals surface area (Å²) in [5, 5.41) is 23.6. The van der Waals surface area contributed by atoms with Crippen LogP contribution < -0.4 is 5.32 Å². The second kappa shape index (κ2) is 5.91. The Balaban J connectivity index is 2.50. The molecule has 0 aromatic heterocycles. The van der Waals surface area contributed by atoms with Gasteiger partial charge in [0.05, 0.1) is 11.1 Å². The molecule has 1 atom stereocenters. The molecule has 100 valence electrons. The molecule has 0 saturated carbocycles. The predicted molar refractivity (Wildman–Crippen MR) is 73.3 cm³/mol. The molecule has 0 radical (unpaired) electrons. The molecule has 0 saturated heterocycles. The molecule has 0 amide bonds. The van der Waals surface area contributed by atoms with Gasteiger partial charge < -0.3 is 15.5 Å². The molecular weight excluding hydrogens is 250 g/mol. The van der Waals surface area contributed by atoms with Crippen LogP contribution in [0.2, 0.25) is 5.02 Å². The van der Waals surface area contributed by atoms with E-state index in [1.807, 2.05) is 6.07 Å². The number of phenolic OH excluding ortho intramolecular Hbond substituents is 1. The van der Waals surface area contributed by atoms with Crippen molar-refractivity contribution >= 4 is 11.6 Å². The van der Waals surface area contributed by atoms with Gasteiger partial charge in [0.2, 0.25) is 0 Å². The minimum atomic E-state index is -0.708. The van der Waals surface area contributed by atoms with E-state index in [2.05, 4.69) is 5.32 Å². The van der Waals surface area contributed by atoms with Crippen molar-refractivity contribution in [1.29, 1.82) is 0 Å². The first kappa shape index (κ1) is 13.7. The van der Waals surface area contributed by atoms with Gasteiger partial charge in [-0.2, -0.15) is 0 Å². The number of nitrogens with one attached hydrogen (secondary N) is 1. The number of hydrogen-bond donors (Lipinski definition) is 3. The van der Waals surface area contributed by atoms with Crippen LogP contribution in [0.1, 0.15) is 42.1 Å². The molecular formula is C14H20ClNO2. The van der Waals surface area contributed by atoms with E-state index in [1.54, 1.807) is 7.05 Å². The van der Waals surface area contributed by atoms with Gasteiger partial charge in [-0.1, -0.05) is 18.0 Å². The number of halogens is 1. The molecule has 4 heteroatoms. The van der Waals surface area contributed by atoms with Crippen molar-refractivity contribution in [3.05, 3.63) is 27.8 Å². The average Bonchev–Trinajstić information content (AvgIpc) is 2.56. The Kier molecular flexibility index (Phi) is 4.49. The Bertz CT molecular complexity index is 434. The third-order valence-corrected chi connectivity index (χ3v) is 3.89. The summed E-state index contributed by atoms with van der Waals surface area (Å²) in [6.07, 6.45) is 4.63. The molecule has 0 aliphatic heterocycles. The maximum atomic E-state index is 10.2. The smallest absolute Gasteiger partial charge is 0.140 e. The van der Waals surface area contributed by atoms with Crippen molar-refractivity contribution in [1.82, 2.24) is 5.32 Å². The summed E-state index contributed by atoms with van der Waals surface area (Å²) in [6.45, 7) is 0.417. The van der Waals surface area contributed by atoms with E-state index in [4.69, 9.17) is 11.6 Å². The molecule has 0 spiro atoms. The number of phenols is 1. The second-order valence-electron chi connectivity index (χ2n) is 4.89. The van der Waals surface area contributed by atoms with E-state index >= 15 is 0 Å². The summed E-state index contributed by atoms with van der Waals surface area (Å²) >= 11 is 6.07. The highest BCUT2D eigenvalue weighted by Gasteiger charge is 2.23. The number of benzene rings is 1. The van der Waals surface area contributed by atoms with Crippen molar-refractivity contribution in [2.24, 2.45) is 0 Å². The lowest BCUT2D eigenvalue weighted by molar-refractivity contribution is 0.172. The third kappa shape index (κ3) is 2.63. The summed E-state index contributed by atoms with van der Waals surface area (Å²) in [5.41, 5.74) is 2.89. The van der Waals surface area contributed by atoms with Gasteiger partial charge in [-0.3, -0.25) is 0 Å². The van der Waals surface area contributed by atoms with Gasteiger partial charge in [-0.15, -0.1) is 0 Å². The molecule has 3 N–H and O–H groups in total. The Morgan fingerprint density at radius 3 is 2.78 bits per heavy atom. The van der Waals surface area contributed by atoms with Crippen molar-refractivity contribution in [2.75, 3.05) is 13.6 Å². The highest BCUT2D eigenvalue weighted by Crippen LogP contribution is 2.39. The van der Waals surface area contributed by atoms with Crippen LogP contribution in [0.3, 0.4) is 0 Å². The summed E-state index contributed by atoms with van der Waals surface area (Å²) in [5.74, 6) is 0.0417. The SMILES string of the molecule is CNCC(O)c1c(O)c(Cl)cc2c1CCCCC2. The summed E-state index contributed by atoms with van der Waals surface area (Å²) in [4.78, 5) is 0. The molecule has 0 heterocycles. The van der Waals surface area contributed by atoms with Gasteiger partial charge in [0.1, 0.15) is 5.75 Å². The number of aliphatic hydroxyl groups excluding tert-OH is 1. The largest absolute Gasteiger partial charge is 0.506 e. The van der Waals surface area contributed by atoms with Crippen LogP contribution in [0, 0.1) is 0 Å². The third-order valence-electron chi connectivity index (χ3n) is 3.60. The molecule has 1 aromatic rings. The topological polar surface area (TPSA) is 52.5 Å². The van der Waals surface area contributed by atoms with Gasteiger partial charge >= 0.3 is 0 Å². The number of aromatic hydroxyl groups is 1. The number of rotatable bonds is 3. The van der Waals surface area contributed by atoms with E-state index < -0.39 is 6.10 Å². The summed E-state index contributed by atoms with van der Waals surface area (Å²) < 4.78 is 0. The number of hydrogen-bond acceptors (Lipinski definition) is 3. The van der Waals surface area contributed by atoms with Crippen LogP contribution in [-0.4, -0.2) is 23.8 Å². The van der Waals surface area contributed by atoms with Crippen LogP contribution in [0.5, 0.6) is 5.75 Å². The van der Waals surface area contributed by atoms with E-state index in [9.17, 15) is 10.2 Å². The number of likely N-dealkylation sites (N-methyl/N-ethyl adjacent to an activating group) is 1. The Morgan fingerprint density at radius 1 is 1.33 bits per heavy atom. The van der Waals surface area contributed by atoms with Crippen LogP contribution >= 0.6 is 11.6 Å². The fourth-order valence-corrected chi connectivity index (χ4v) is 2.95. The first-order chi connectivity index (χ1) is 8.65. The van der Waals surface area contributed by atoms with E-state index in [1.165, 1.54) is 12.0 Å². The lowest BCUT2D eigenvalue weighted by Gasteiger charge is -2.20. The quantitative estimate of drug-likeness (QED) is 0.740. The van der Waals surface area contributed by atoms with Gasteiger partial charge in [-0.05, 0) is 49.9 Å². The number of aliphatic hydroxyl groups is 1. The van der Waals surface area contributed by atoms with Crippen molar-refractivity contribution < 1.29 is 10.2 Å². The second-order valence-corrected chi connectivity index (χ2v) is 5.30. The highest BCUT2D eigenvalue weighted by molar-refractivity contribution is 6.32. The molecule has 2 rings (SSSR count). The number of aryl methyl sites for hydroxylation is 1. The molecule has 18 heavy (non-hydrogen) atoms. The number of fused-ring (bicyclic) bond motifs is 1. The Hall–Kier alpha value is -0.770. The summed E-state index contributed by atoms with van der Waals surface area (Å²) in [6, 6.07) is 1.85. The monoisotopic (exact) mass is 269 g/mol. The molecule has 1 aliphatic rings. The minimum Gasteiger partial charge on any atom is -0.506 e. The lowest BCUT2D eigenvalue weighted by atomic mass is 9.93. The average molecular weight is 270 g/mol. The zero-order valence-corrected chi connectivity index (χ0v) is 11.4. The standard InChI is InChI=1S/C14H20ClNO2/c1-16-8-12(17)13-10-6-4-2-3-5-9(10)7-11(15)14(13)18/h7,12,16-18H,2-6,8H2,1H3. The molecule has 1 aromatic carbocycles. The van der Waals surface area contributed by atoms with Crippen LogP contribution in [-0.2, 0) is 12.8 Å². The Labute approximate surface area is 113 Å². The van der Waals surface area contributed by atoms with Crippen LogP contribution in [0.15, 0.2) is 6.07 Å². The first-order valence-corrected chi connectivity index (χ1v) is 6.88. The molecule has 0 fully saturated rings. The van der Waals surface area contributed by atoms with Gasteiger partial charge in [0.15, 0.2) is 0 Å². The fraction of sp³-hybridized carbons (Fsp3) is 0.571. The summed E-state index contributed by atoms with van der Waals surface area (Å²) in [7, 11) is 1.78. The van der Waals surface area contributed by atoms with Gasteiger partial charge in [0.25, 0.3) is 0 Å². The Morgan fingerprint density at radius 2 is 2.06 bits per heavy atom. The lowest BCUT2D eigenvalue weighted by Crippen LogP contribution is -2.18. The predicted octanol–water partition coefficient (Wildman–Crippen LogP) is 2.57. The maximum Gasteiger partial charge on any atom is 0.140 e. The molecule has 3 nitrogen and oxygen atoms in total. The molecule has 1 aliphatic carbocycles. The first-order valence-electron chi connectivity index (χ1n) is 6.51. The molecule has 0 bridgehead atoms. The van der Waals surface area contributed by atoms with Crippen LogP contribution in [0.4, 0.5) is 0 Å². The van der Waals surface area contributed by atoms with Gasteiger partial charge in [-0.25, -0.2) is 0 Å². The van der Waals surface area contributed by atoms with Gasteiger partial charge in [0, 0.05) is 12.1 Å². The fourth-order valence-electron chi connectivity index (χ4n) is 2.72. The van der Waals surface area contributed by atoms with Crippen molar-refractivity contribution in [3.8, 4) is 5.75 Å². The van der Waals surface area contributed by atoms with Crippen LogP contribution in [0.25, 0.3) is 0 Å². The van der Waals surface area contributed by atoms with E-state index in [0.717, 1.165) is 31.2 Å². The maximum absolute atomic E-state index is 10.2. The van der Waals surface area contributed by atoms with E-state index in [-0.39, 0.29) is 5.75 Å². The zero-order chi connectivity index (χ0) is 13.1.